The van der Waals surface area contributed by atoms with Gasteiger partial charge < -0.3 is 44.4 Å². The zero-order chi connectivity index (χ0) is 33.8. The Morgan fingerprint density at radius 3 is 1.74 bits per heavy atom. The van der Waals surface area contributed by atoms with Gasteiger partial charge in [-0.3, -0.25) is 14.4 Å². The van der Waals surface area contributed by atoms with Crippen LogP contribution in [-0.2, 0) is 12.8 Å². The highest BCUT2D eigenvalue weighted by Gasteiger charge is 2.10. The quantitative estimate of drug-likeness (QED) is 0.153. The largest absolute Gasteiger partial charge is 0.497 e. The first kappa shape index (κ1) is 33.8. The molecule has 6 aromatic rings. The number of amides is 1. The molecular formula is C34H34N4O9. The van der Waals surface area contributed by atoms with E-state index in [0.29, 0.717) is 19.5 Å². The maximum absolute atomic E-state index is 11.9. The summed E-state index contributed by atoms with van der Waals surface area (Å²) in [4.78, 5) is 50.1. The zero-order valence-corrected chi connectivity index (χ0v) is 25.7. The Labute approximate surface area is 267 Å². The molecule has 4 heterocycles. The first-order valence-corrected chi connectivity index (χ1v) is 14.4. The van der Waals surface area contributed by atoms with E-state index in [1.54, 1.807) is 14.2 Å². The summed E-state index contributed by atoms with van der Waals surface area (Å²) in [6.45, 7) is 1.10. The van der Waals surface area contributed by atoms with Gasteiger partial charge in [0.15, 0.2) is 16.6 Å². The molecule has 0 saturated heterocycles. The van der Waals surface area contributed by atoms with Crippen LogP contribution in [0, 0.1) is 0 Å². The summed E-state index contributed by atoms with van der Waals surface area (Å²) in [5.74, 6) is -0.299. The van der Waals surface area contributed by atoms with Crippen LogP contribution in [0.4, 0.5) is 0 Å². The highest BCUT2D eigenvalue weighted by molar-refractivity contribution is 5.91. The zero-order valence-electron chi connectivity index (χ0n) is 25.7. The molecule has 0 aliphatic carbocycles. The van der Waals surface area contributed by atoms with Crippen molar-refractivity contribution in [2.45, 2.75) is 12.8 Å². The molecule has 0 fully saturated rings. The van der Waals surface area contributed by atoms with E-state index in [1.807, 2.05) is 48.8 Å². The molecule has 6 N–H and O–H groups in total. The predicted molar refractivity (Wildman–Crippen MR) is 175 cm³/mol. The fraction of sp³-hybridized carbons (Fsp3) is 0.176. The van der Waals surface area contributed by atoms with Crippen LogP contribution < -0.4 is 31.4 Å². The lowest BCUT2D eigenvalue weighted by molar-refractivity contribution is 0.0659. The number of benzene rings is 2. The minimum atomic E-state index is -1.24. The second kappa shape index (κ2) is 16.3. The maximum atomic E-state index is 11.9. The molecule has 0 atom stereocenters. The second-order valence-electron chi connectivity index (χ2n) is 9.96. The number of methoxy groups -OCH3 is 2. The topological polar surface area (TPSA) is 203 Å². The van der Waals surface area contributed by atoms with E-state index in [-0.39, 0.29) is 22.4 Å². The number of aromatic nitrogens is 2. The number of carbonyl (C=O) groups is 2. The number of nitrogens with one attached hydrogen (secondary N) is 3. The molecule has 0 radical (unpaired) electrons. The van der Waals surface area contributed by atoms with Gasteiger partial charge in [-0.1, -0.05) is 0 Å². The number of H-pyrrole nitrogens is 2. The van der Waals surface area contributed by atoms with Gasteiger partial charge in [0.05, 0.1) is 26.7 Å². The molecular weight excluding hydrogens is 608 g/mol. The van der Waals surface area contributed by atoms with Gasteiger partial charge in [0, 0.05) is 65.0 Å². The first-order chi connectivity index (χ1) is 22.7. The van der Waals surface area contributed by atoms with E-state index in [2.05, 4.69) is 19.7 Å². The van der Waals surface area contributed by atoms with Gasteiger partial charge in [-0.15, -0.1) is 0 Å². The number of hydrogen-bond donors (Lipinski definition) is 5. The molecule has 4 aromatic heterocycles. The van der Waals surface area contributed by atoms with Crippen LogP contribution in [0.3, 0.4) is 0 Å². The van der Waals surface area contributed by atoms with Crippen LogP contribution in [-0.4, -0.2) is 54.3 Å². The standard InChI is InChI=1S/C17H16N2O4.C11H14N2O.C6H4O4/c1-22-13-2-3-15-14(9-13)11(10-19-15)4-6-18-17(21)16-8-12(20)5-7-23-16;1-14-9-2-3-11-10(6-9)8(4-5-12)7-13-11;7-4-1-2-10-5(3-4)6(8)9/h2-3,5,7-10,19H,4,6H2,1H3,(H,18,21);2-3,6-7,13H,4-5,12H2,1H3;1-3H,(H,8,9). The van der Waals surface area contributed by atoms with Crippen molar-refractivity contribution in [1.82, 2.24) is 15.3 Å². The van der Waals surface area contributed by atoms with Crippen LogP contribution >= 0.6 is 0 Å². The molecule has 0 unspecified atom stereocenters. The third kappa shape index (κ3) is 9.22. The number of nitrogens with two attached hydrogens (primary N) is 1. The van der Waals surface area contributed by atoms with Gasteiger partial charge in [-0.2, -0.15) is 0 Å². The van der Waals surface area contributed by atoms with Gasteiger partial charge in [0.2, 0.25) is 5.76 Å². The smallest absolute Gasteiger partial charge is 0.371 e. The number of ether oxygens (including phenoxy) is 2. The summed E-state index contributed by atoms with van der Waals surface area (Å²) < 4.78 is 19.9. The van der Waals surface area contributed by atoms with Gasteiger partial charge in [-0.05, 0) is 66.9 Å². The van der Waals surface area contributed by atoms with Crippen molar-refractivity contribution in [3.63, 3.8) is 0 Å². The number of aromatic amines is 2. The van der Waals surface area contributed by atoms with E-state index in [9.17, 15) is 19.2 Å². The molecule has 6 rings (SSSR count). The minimum absolute atomic E-state index is 0.0121. The molecule has 13 nitrogen and oxygen atoms in total. The summed E-state index contributed by atoms with van der Waals surface area (Å²) in [5, 5.41) is 13.3. The maximum Gasteiger partial charge on any atom is 0.371 e. The second-order valence-corrected chi connectivity index (χ2v) is 9.96. The molecule has 1 amide bonds. The Bertz CT molecular complexity index is 2070. The van der Waals surface area contributed by atoms with Crippen LogP contribution in [0.25, 0.3) is 21.8 Å². The lowest BCUT2D eigenvalue weighted by atomic mass is 10.1. The van der Waals surface area contributed by atoms with E-state index in [0.717, 1.165) is 58.3 Å². The van der Waals surface area contributed by atoms with Gasteiger partial charge >= 0.3 is 5.97 Å². The molecule has 0 aliphatic rings. The minimum Gasteiger partial charge on any atom is -0.497 e. The summed E-state index contributed by atoms with van der Waals surface area (Å²) in [5.41, 5.74) is 9.38. The number of rotatable bonds is 9. The highest BCUT2D eigenvalue weighted by Crippen LogP contribution is 2.24. The number of fused-ring (bicyclic) bond motifs is 2. The van der Waals surface area contributed by atoms with Crippen LogP contribution in [0.2, 0.25) is 0 Å². The Balaban J connectivity index is 0.000000177. The van der Waals surface area contributed by atoms with E-state index in [4.69, 9.17) is 24.7 Å². The van der Waals surface area contributed by atoms with Gasteiger partial charge in [-0.25, -0.2) is 4.79 Å². The summed E-state index contributed by atoms with van der Waals surface area (Å²) in [6, 6.07) is 16.3. The van der Waals surface area contributed by atoms with Crippen molar-refractivity contribution in [3.05, 3.63) is 129 Å². The molecule has 0 spiro atoms. The Morgan fingerprint density at radius 1 is 0.766 bits per heavy atom. The van der Waals surface area contributed by atoms with Crippen molar-refractivity contribution < 1.29 is 33.0 Å². The third-order valence-electron chi connectivity index (χ3n) is 6.88. The SMILES string of the molecule is COc1ccc2[nH]cc(CCN)c2c1.COc1ccc2[nH]cc(CCNC(=O)c3cc(=O)cco3)c2c1.O=C(O)c1cc(=O)cco1. The van der Waals surface area contributed by atoms with Gasteiger partial charge in [0.1, 0.15) is 11.5 Å². The Kier molecular flexibility index (Phi) is 11.7. The summed E-state index contributed by atoms with van der Waals surface area (Å²) >= 11 is 0. The van der Waals surface area contributed by atoms with Crippen molar-refractivity contribution in [3.8, 4) is 11.5 Å². The van der Waals surface area contributed by atoms with Crippen LogP contribution in [0.5, 0.6) is 11.5 Å². The lowest BCUT2D eigenvalue weighted by Gasteiger charge is -2.04. The third-order valence-corrected chi connectivity index (χ3v) is 6.88. The summed E-state index contributed by atoms with van der Waals surface area (Å²) in [7, 11) is 3.30. The molecule has 0 bridgehead atoms. The van der Waals surface area contributed by atoms with E-state index >= 15 is 0 Å². The summed E-state index contributed by atoms with van der Waals surface area (Å²) in [6.07, 6.45) is 7.73. The van der Waals surface area contributed by atoms with E-state index in [1.165, 1.54) is 29.3 Å². The van der Waals surface area contributed by atoms with Crippen LogP contribution in [0.15, 0.2) is 104 Å². The number of carboxylic acid groups (broad SMARTS) is 1. The number of carboxylic acids is 1. The highest BCUT2D eigenvalue weighted by atomic mass is 16.5. The fourth-order valence-corrected chi connectivity index (χ4v) is 4.54. The van der Waals surface area contributed by atoms with Crippen molar-refractivity contribution in [1.29, 1.82) is 0 Å². The van der Waals surface area contributed by atoms with Gasteiger partial charge in [0.25, 0.3) is 5.91 Å². The van der Waals surface area contributed by atoms with Crippen molar-refractivity contribution in [2.24, 2.45) is 5.73 Å². The van der Waals surface area contributed by atoms with Crippen molar-refractivity contribution >= 4 is 33.7 Å². The Hall–Kier alpha value is -6.08. The Morgan fingerprint density at radius 2 is 1.28 bits per heavy atom. The molecule has 0 aliphatic heterocycles. The molecule has 47 heavy (non-hydrogen) atoms. The molecule has 13 heteroatoms. The number of carbonyl (C=O) groups excluding carboxylic acids is 1. The number of aromatic carboxylic acids is 1. The predicted octanol–water partition coefficient (Wildman–Crippen LogP) is 4.12. The molecule has 2 aromatic carbocycles. The lowest BCUT2D eigenvalue weighted by Crippen LogP contribution is -2.26. The van der Waals surface area contributed by atoms with Crippen molar-refractivity contribution in [2.75, 3.05) is 27.3 Å². The first-order valence-electron chi connectivity index (χ1n) is 14.4. The van der Waals surface area contributed by atoms with Crippen LogP contribution in [0.1, 0.15) is 32.2 Å². The average Bonchev–Trinajstić information content (AvgIpc) is 3.68. The fourth-order valence-electron chi connectivity index (χ4n) is 4.54. The molecule has 244 valence electrons. The monoisotopic (exact) mass is 642 g/mol. The normalized spacial score (nSPS) is 10.4. The number of hydrogen-bond acceptors (Lipinski definition) is 9. The van der Waals surface area contributed by atoms with E-state index < -0.39 is 11.9 Å². The molecule has 0 saturated carbocycles. The average molecular weight is 643 g/mol.